The van der Waals surface area contributed by atoms with Crippen molar-refractivity contribution in [3.63, 3.8) is 0 Å². The second-order valence-corrected chi connectivity index (χ2v) is 3.69. The maximum absolute atomic E-state index is 10.4. The van der Waals surface area contributed by atoms with Gasteiger partial charge in [0.2, 0.25) is 0 Å². The van der Waals surface area contributed by atoms with Gasteiger partial charge in [0.05, 0.1) is 7.11 Å². The number of para-hydroxylation sites is 1. The molecular formula is C12H19NO2. The van der Waals surface area contributed by atoms with Crippen LogP contribution in [0.25, 0.3) is 0 Å². The number of hydrogen-bond donors (Lipinski definition) is 2. The van der Waals surface area contributed by atoms with Crippen molar-refractivity contribution in [1.82, 2.24) is 0 Å². The maximum atomic E-state index is 10.4. The third kappa shape index (κ3) is 2.49. The van der Waals surface area contributed by atoms with Gasteiger partial charge in [0, 0.05) is 12.1 Å². The second-order valence-electron chi connectivity index (χ2n) is 3.69. The zero-order valence-corrected chi connectivity index (χ0v) is 9.36. The van der Waals surface area contributed by atoms with Gasteiger partial charge in [0.1, 0.15) is 11.4 Å². The number of ether oxygens (including phenoxy) is 1. The first-order chi connectivity index (χ1) is 7.18. The highest BCUT2D eigenvalue weighted by atomic mass is 16.5. The summed E-state index contributed by atoms with van der Waals surface area (Å²) >= 11 is 0. The van der Waals surface area contributed by atoms with Gasteiger partial charge in [-0.05, 0) is 12.5 Å². The van der Waals surface area contributed by atoms with E-state index in [2.05, 4.69) is 0 Å². The summed E-state index contributed by atoms with van der Waals surface area (Å²) in [6, 6.07) is 7.46. The second kappa shape index (κ2) is 5.14. The molecule has 1 unspecified atom stereocenters. The van der Waals surface area contributed by atoms with Gasteiger partial charge < -0.3 is 15.6 Å². The third-order valence-electron chi connectivity index (χ3n) is 2.61. The molecule has 0 aliphatic rings. The summed E-state index contributed by atoms with van der Waals surface area (Å²) in [6.07, 6.45) is 1.52. The molecule has 1 rings (SSSR count). The fraction of sp³-hybridized carbons (Fsp3) is 0.500. The van der Waals surface area contributed by atoms with Crippen molar-refractivity contribution in [2.24, 2.45) is 5.73 Å². The largest absolute Gasteiger partial charge is 0.496 e. The number of hydrogen-bond acceptors (Lipinski definition) is 3. The Morgan fingerprint density at radius 3 is 2.60 bits per heavy atom. The summed E-state index contributed by atoms with van der Waals surface area (Å²) in [4.78, 5) is 0. The Kier molecular flexibility index (Phi) is 4.12. The van der Waals surface area contributed by atoms with Crippen molar-refractivity contribution in [1.29, 1.82) is 0 Å². The molecule has 0 amide bonds. The molecule has 0 spiro atoms. The van der Waals surface area contributed by atoms with Crippen LogP contribution in [0.3, 0.4) is 0 Å². The van der Waals surface area contributed by atoms with Gasteiger partial charge in [0.25, 0.3) is 0 Å². The molecule has 0 saturated carbocycles. The van der Waals surface area contributed by atoms with Gasteiger partial charge in [-0.15, -0.1) is 0 Å². The Labute approximate surface area is 90.9 Å². The van der Waals surface area contributed by atoms with Crippen LogP contribution in [0, 0.1) is 0 Å². The fourth-order valence-corrected chi connectivity index (χ4v) is 1.79. The van der Waals surface area contributed by atoms with Crippen LogP contribution in [0.15, 0.2) is 24.3 Å². The first-order valence-electron chi connectivity index (χ1n) is 5.24. The molecule has 0 aliphatic carbocycles. The smallest absolute Gasteiger partial charge is 0.124 e. The summed E-state index contributed by atoms with van der Waals surface area (Å²) < 4.78 is 5.22. The molecule has 3 nitrogen and oxygen atoms in total. The summed E-state index contributed by atoms with van der Waals surface area (Å²) in [6.45, 7) is 2.23. The predicted octanol–water partition coefficient (Wildman–Crippen LogP) is 1.64. The highest BCUT2D eigenvalue weighted by Gasteiger charge is 2.29. The van der Waals surface area contributed by atoms with Crippen molar-refractivity contribution in [2.75, 3.05) is 13.7 Å². The fourth-order valence-electron chi connectivity index (χ4n) is 1.79. The molecule has 0 saturated heterocycles. The van der Waals surface area contributed by atoms with Crippen LogP contribution in [0.4, 0.5) is 0 Å². The normalized spacial score (nSPS) is 14.7. The van der Waals surface area contributed by atoms with E-state index in [0.717, 1.165) is 12.0 Å². The van der Waals surface area contributed by atoms with Crippen LogP contribution in [0.1, 0.15) is 25.3 Å². The van der Waals surface area contributed by atoms with Gasteiger partial charge in [-0.1, -0.05) is 31.5 Å². The van der Waals surface area contributed by atoms with Gasteiger partial charge >= 0.3 is 0 Å². The van der Waals surface area contributed by atoms with Gasteiger partial charge in [-0.3, -0.25) is 0 Å². The van der Waals surface area contributed by atoms with E-state index < -0.39 is 5.60 Å². The van der Waals surface area contributed by atoms with E-state index in [4.69, 9.17) is 10.5 Å². The number of aliphatic hydroxyl groups is 1. The SMILES string of the molecule is CCCC(O)(CN)c1ccccc1OC. The van der Waals surface area contributed by atoms with Crippen molar-refractivity contribution in [2.45, 2.75) is 25.4 Å². The minimum absolute atomic E-state index is 0.210. The summed E-state index contributed by atoms with van der Waals surface area (Å²) in [5.74, 6) is 0.693. The molecule has 1 aromatic carbocycles. The Hall–Kier alpha value is -1.06. The zero-order chi connectivity index (χ0) is 11.3. The molecule has 84 valence electrons. The van der Waals surface area contributed by atoms with Crippen molar-refractivity contribution >= 4 is 0 Å². The molecule has 1 aromatic rings. The van der Waals surface area contributed by atoms with E-state index in [9.17, 15) is 5.11 Å². The third-order valence-corrected chi connectivity index (χ3v) is 2.61. The van der Waals surface area contributed by atoms with E-state index in [1.165, 1.54) is 0 Å². The van der Waals surface area contributed by atoms with Crippen LogP contribution in [-0.4, -0.2) is 18.8 Å². The molecule has 0 aliphatic heterocycles. The van der Waals surface area contributed by atoms with Gasteiger partial charge in [0.15, 0.2) is 0 Å². The number of benzene rings is 1. The van der Waals surface area contributed by atoms with Gasteiger partial charge in [-0.2, -0.15) is 0 Å². The minimum atomic E-state index is -0.971. The van der Waals surface area contributed by atoms with Crippen LogP contribution in [0.2, 0.25) is 0 Å². The molecule has 3 heteroatoms. The van der Waals surface area contributed by atoms with E-state index >= 15 is 0 Å². The van der Waals surface area contributed by atoms with E-state index in [1.54, 1.807) is 7.11 Å². The van der Waals surface area contributed by atoms with Crippen molar-refractivity contribution < 1.29 is 9.84 Å². The Bertz CT molecular complexity index is 314. The average molecular weight is 209 g/mol. The molecule has 3 N–H and O–H groups in total. The number of nitrogens with two attached hydrogens (primary N) is 1. The quantitative estimate of drug-likeness (QED) is 0.775. The lowest BCUT2D eigenvalue weighted by atomic mass is 9.89. The van der Waals surface area contributed by atoms with E-state index in [1.807, 2.05) is 31.2 Å². The molecule has 0 aromatic heterocycles. The maximum Gasteiger partial charge on any atom is 0.124 e. The van der Waals surface area contributed by atoms with E-state index in [0.29, 0.717) is 12.2 Å². The molecular weight excluding hydrogens is 190 g/mol. The zero-order valence-electron chi connectivity index (χ0n) is 9.36. The standard InChI is InChI=1S/C12H19NO2/c1-3-8-12(14,9-13)10-6-4-5-7-11(10)15-2/h4-7,14H,3,8-9,13H2,1-2H3. The molecule has 1 atom stereocenters. The van der Waals surface area contributed by atoms with E-state index in [-0.39, 0.29) is 6.54 Å². The molecule has 0 radical (unpaired) electrons. The van der Waals surface area contributed by atoms with Crippen LogP contribution >= 0.6 is 0 Å². The lowest BCUT2D eigenvalue weighted by Gasteiger charge is -2.28. The first-order valence-corrected chi connectivity index (χ1v) is 5.24. The van der Waals surface area contributed by atoms with Crippen molar-refractivity contribution in [3.05, 3.63) is 29.8 Å². The predicted molar refractivity (Wildman–Crippen MR) is 60.9 cm³/mol. The van der Waals surface area contributed by atoms with Crippen LogP contribution in [0.5, 0.6) is 5.75 Å². The molecule has 15 heavy (non-hydrogen) atoms. The summed E-state index contributed by atoms with van der Waals surface area (Å²) in [7, 11) is 1.60. The monoisotopic (exact) mass is 209 g/mol. The lowest BCUT2D eigenvalue weighted by Crippen LogP contribution is -2.35. The minimum Gasteiger partial charge on any atom is -0.496 e. The Morgan fingerprint density at radius 1 is 1.40 bits per heavy atom. The Balaban J connectivity index is 3.10. The number of rotatable bonds is 5. The highest BCUT2D eigenvalue weighted by molar-refractivity contribution is 5.38. The Morgan fingerprint density at radius 2 is 2.07 bits per heavy atom. The van der Waals surface area contributed by atoms with Crippen LogP contribution < -0.4 is 10.5 Å². The topological polar surface area (TPSA) is 55.5 Å². The molecule has 0 fully saturated rings. The first kappa shape index (κ1) is 12.0. The lowest BCUT2D eigenvalue weighted by molar-refractivity contribution is 0.0336. The average Bonchev–Trinajstić information content (AvgIpc) is 2.29. The van der Waals surface area contributed by atoms with Gasteiger partial charge in [-0.25, -0.2) is 0 Å². The van der Waals surface area contributed by atoms with Crippen LogP contribution in [-0.2, 0) is 5.60 Å². The van der Waals surface area contributed by atoms with Crippen molar-refractivity contribution in [3.8, 4) is 5.75 Å². The summed E-state index contributed by atoms with van der Waals surface area (Å²) in [5, 5.41) is 10.4. The number of methoxy groups -OCH3 is 1. The molecule has 0 heterocycles. The summed E-state index contributed by atoms with van der Waals surface area (Å²) in [5.41, 5.74) is 5.45. The highest BCUT2D eigenvalue weighted by Crippen LogP contribution is 2.32. The molecule has 0 bridgehead atoms.